The number of hydrogen-bond acceptors (Lipinski definition) is 1. The highest BCUT2D eigenvalue weighted by Crippen LogP contribution is 2.20. The Morgan fingerprint density at radius 2 is 2.00 bits per heavy atom. The first-order valence-corrected chi connectivity index (χ1v) is 5.80. The maximum absolute atomic E-state index is 5.84. The smallest absolute Gasteiger partial charge is 0.0207 e. The summed E-state index contributed by atoms with van der Waals surface area (Å²) in [6, 6.07) is 6.77. The zero-order valence-electron chi connectivity index (χ0n) is 9.05. The Bertz CT molecular complexity index is 307. The van der Waals surface area contributed by atoms with Crippen LogP contribution in [0, 0.1) is 12.8 Å². The molecule has 1 nitrogen and oxygen atoms in total. The normalized spacial score (nSPS) is 15.2. The van der Waals surface area contributed by atoms with Crippen molar-refractivity contribution >= 4 is 15.9 Å². The van der Waals surface area contributed by atoms with Crippen LogP contribution in [0.1, 0.15) is 25.0 Å². The zero-order valence-corrected chi connectivity index (χ0v) is 10.6. The van der Waals surface area contributed by atoms with E-state index < -0.39 is 0 Å². The first kappa shape index (κ1) is 11.7. The average molecular weight is 256 g/mol. The molecular weight excluding hydrogens is 238 g/mol. The maximum atomic E-state index is 5.84. The van der Waals surface area contributed by atoms with Crippen molar-refractivity contribution in [3.8, 4) is 0 Å². The highest BCUT2D eigenvalue weighted by atomic mass is 79.9. The van der Waals surface area contributed by atoms with Crippen molar-refractivity contribution in [2.24, 2.45) is 11.7 Å². The molecule has 0 spiro atoms. The number of hydrogen-bond donors (Lipinski definition) is 1. The van der Waals surface area contributed by atoms with Crippen molar-refractivity contribution in [3.63, 3.8) is 0 Å². The fourth-order valence-corrected chi connectivity index (χ4v) is 1.75. The molecule has 0 fully saturated rings. The highest BCUT2D eigenvalue weighted by molar-refractivity contribution is 9.10. The van der Waals surface area contributed by atoms with Crippen LogP contribution < -0.4 is 5.73 Å². The predicted octanol–water partition coefficient (Wildman–Crippen LogP) is 3.28. The van der Waals surface area contributed by atoms with Crippen molar-refractivity contribution in [3.05, 3.63) is 33.8 Å². The number of nitrogens with two attached hydrogens (primary N) is 1. The lowest BCUT2D eigenvalue weighted by molar-refractivity contribution is 0.481. The second-order valence-electron chi connectivity index (χ2n) is 4.12. The van der Waals surface area contributed by atoms with Gasteiger partial charge in [0.25, 0.3) is 0 Å². The monoisotopic (exact) mass is 255 g/mol. The van der Waals surface area contributed by atoms with Crippen molar-refractivity contribution < 1.29 is 0 Å². The third kappa shape index (κ3) is 3.10. The molecule has 0 saturated heterocycles. The predicted molar refractivity (Wildman–Crippen MR) is 65.4 cm³/mol. The Morgan fingerprint density at radius 1 is 1.36 bits per heavy atom. The van der Waals surface area contributed by atoms with E-state index >= 15 is 0 Å². The Morgan fingerprint density at radius 3 is 2.50 bits per heavy atom. The van der Waals surface area contributed by atoms with Gasteiger partial charge in [0.05, 0.1) is 0 Å². The third-order valence-electron chi connectivity index (χ3n) is 2.69. The van der Waals surface area contributed by atoms with Crippen LogP contribution in [0.3, 0.4) is 0 Å². The van der Waals surface area contributed by atoms with E-state index in [1.54, 1.807) is 0 Å². The number of aryl methyl sites for hydroxylation is 1. The SMILES string of the molecule is Cc1ccc(CC(C)C(C)N)cc1Br. The lowest BCUT2D eigenvalue weighted by Crippen LogP contribution is -2.25. The minimum absolute atomic E-state index is 0.259. The van der Waals surface area contributed by atoms with Gasteiger partial charge in [0.1, 0.15) is 0 Å². The molecule has 0 saturated carbocycles. The molecule has 0 bridgehead atoms. The van der Waals surface area contributed by atoms with E-state index in [2.05, 4.69) is 54.9 Å². The van der Waals surface area contributed by atoms with Gasteiger partial charge < -0.3 is 5.73 Å². The summed E-state index contributed by atoms with van der Waals surface area (Å²) in [5.74, 6) is 0.532. The molecule has 0 heterocycles. The zero-order chi connectivity index (χ0) is 10.7. The maximum Gasteiger partial charge on any atom is 0.0207 e. The molecule has 1 aromatic carbocycles. The van der Waals surface area contributed by atoms with Crippen molar-refractivity contribution in [2.75, 3.05) is 0 Å². The van der Waals surface area contributed by atoms with E-state index in [-0.39, 0.29) is 6.04 Å². The summed E-state index contributed by atoms with van der Waals surface area (Å²) in [6.07, 6.45) is 1.05. The second kappa shape index (κ2) is 4.94. The van der Waals surface area contributed by atoms with Crippen LogP contribution in [0.25, 0.3) is 0 Å². The van der Waals surface area contributed by atoms with Crippen LogP contribution in [-0.2, 0) is 6.42 Å². The van der Waals surface area contributed by atoms with Gasteiger partial charge in [-0.25, -0.2) is 0 Å². The lowest BCUT2D eigenvalue weighted by atomic mass is 9.95. The van der Waals surface area contributed by atoms with Crippen molar-refractivity contribution in [1.29, 1.82) is 0 Å². The summed E-state index contributed by atoms with van der Waals surface area (Å²) in [5, 5.41) is 0. The fourth-order valence-electron chi connectivity index (χ4n) is 1.32. The average Bonchev–Trinajstić information content (AvgIpc) is 2.11. The Balaban J connectivity index is 2.73. The highest BCUT2D eigenvalue weighted by Gasteiger charge is 2.08. The molecule has 0 amide bonds. The summed E-state index contributed by atoms with van der Waals surface area (Å²) < 4.78 is 1.19. The molecule has 2 heteroatoms. The van der Waals surface area contributed by atoms with E-state index in [1.165, 1.54) is 15.6 Å². The molecule has 2 unspecified atom stereocenters. The van der Waals surface area contributed by atoms with Gasteiger partial charge in [-0.05, 0) is 43.4 Å². The number of rotatable bonds is 3. The number of halogens is 1. The van der Waals surface area contributed by atoms with Gasteiger partial charge in [-0.15, -0.1) is 0 Å². The van der Waals surface area contributed by atoms with Crippen LogP contribution in [0.2, 0.25) is 0 Å². The molecule has 2 N–H and O–H groups in total. The topological polar surface area (TPSA) is 26.0 Å². The summed E-state index contributed by atoms with van der Waals surface area (Å²) >= 11 is 3.54. The summed E-state index contributed by atoms with van der Waals surface area (Å²) in [6.45, 7) is 6.36. The van der Waals surface area contributed by atoms with E-state index in [0.29, 0.717) is 5.92 Å². The molecule has 0 aliphatic heterocycles. The van der Waals surface area contributed by atoms with Crippen LogP contribution in [-0.4, -0.2) is 6.04 Å². The minimum Gasteiger partial charge on any atom is -0.328 e. The Kier molecular flexibility index (Phi) is 4.14. The molecule has 14 heavy (non-hydrogen) atoms. The van der Waals surface area contributed by atoms with Gasteiger partial charge in [0, 0.05) is 10.5 Å². The fraction of sp³-hybridized carbons (Fsp3) is 0.500. The van der Waals surface area contributed by atoms with Crippen molar-refractivity contribution in [1.82, 2.24) is 0 Å². The van der Waals surface area contributed by atoms with E-state index in [1.807, 2.05) is 0 Å². The first-order chi connectivity index (χ1) is 6.50. The molecule has 1 aromatic rings. The van der Waals surface area contributed by atoms with Crippen molar-refractivity contribution in [2.45, 2.75) is 33.2 Å². The second-order valence-corrected chi connectivity index (χ2v) is 4.98. The molecule has 1 rings (SSSR count). The quantitative estimate of drug-likeness (QED) is 0.882. The lowest BCUT2D eigenvalue weighted by Gasteiger charge is -2.15. The molecule has 0 radical (unpaired) electrons. The standard InChI is InChI=1S/C12H18BrN/c1-8-4-5-11(7-12(8)13)6-9(2)10(3)14/h4-5,7,9-10H,6,14H2,1-3H3. The van der Waals surface area contributed by atoms with Crippen LogP contribution in [0.5, 0.6) is 0 Å². The summed E-state index contributed by atoms with van der Waals surface area (Å²) in [5.41, 5.74) is 8.47. The molecular formula is C12H18BrN. The minimum atomic E-state index is 0.259. The van der Waals surface area contributed by atoms with Gasteiger partial charge in [-0.3, -0.25) is 0 Å². The largest absolute Gasteiger partial charge is 0.328 e. The molecule has 0 aliphatic rings. The first-order valence-electron chi connectivity index (χ1n) is 5.01. The molecule has 78 valence electrons. The van der Waals surface area contributed by atoms with Gasteiger partial charge in [-0.1, -0.05) is 35.0 Å². The van der Waals surface area contributed by atoms with E-state index in [9.17, 15) is 0 Å². The Hall–Kier alpha value is -0.340. The summed E-state index contributed by atoms with van der Waals surface area (Å²) in [4.78, 5) is 0. The molecule has 2 atom stereocenters. The van der Waals surface area contributed by atoms with Gasteiger partial charge in [0.2, 0.25) is 0 Å². The van der Waals surface area contributed by atoms with Crippen LogP contribution in [0.4, 0.5) is 0 Å². The van der Waals surface area contributed by atoms with Crippen LogP contribution >= 0.6 is 15.9 Å². The van der Waals surface area contributed by atoms with Gasteiger partial charge in [-0.2, -0.15) is 0 Å². The van der Waals surface area contributed by atoms with Crippen LogP contribution in [0.15, 0.2) is 22.7 Å². The third-order valence-corrected chi connectivity index (χ3v) is 3.55. The molecule has 0 aromatic heterocycles. The van der Waals surface area contributed by atoms with Gasteiger partial charge in [0.15, 0.2) is 0 Å². The molecule has 0 aliphatic carbocycles. The number of benzene rings is 1. The van der Waals surface area contributed by atoms with Gasteiger partial charge >= 0.3 is 0 Å². The van der Waals surface area contributed by atoms with E-state index in [4.69, 9.17) is 5.73 Å². The Labute approximate surface area is 94.8 Å². The van der Waals surface area contributed by atoms with E-state index in [0.717, 1.165) is 6.42 Å². The summed E-state index contributed by atoms with van der Waals surface area (Å²) in [7, 11) is 0.